The van der Waals surface area contributed by atoms with Crippen LogP contribution in [0, 0.1) is 5.92 Å². The molecule has 0 spiro atoms. The van der Waals surface area contributed by atoms with E-state index >= 15 is 0 Å². The van der Waals surface area contributed by atoms with Crippen LogP contribution >= 0.6 is 0 Å². The largest absolute Gasteiger partial charge is 0.497 e. The van der Waals surface area contributed by atoms with Crippen LogP contribution in [0.5, 0.6) is 11.5 Å². The van der Waals surface area contributed by atoms with E-state index < -0.39 is 0 Å². The molecule has 1 fully saturated rings. The molecule has 1 saturated heterocycles. The first kappa shape index (κ1) is 15.6. The Balaban J connectivity index is 1.80. The summed E-state index contributed by atoms with van der Waals surface area (Å²) < 4.78 is 16.0. The molecule has 0 aromatic heterocycles. The van der Waals surface area contributed by atoms with E-state index in [9.17, 15) is 4.79 Å². The maximum absolute atomic E-state index is 12.2. The Morgan fingerprint density at radius 2 is 2.05 bits per heavy atom. The van der Waals surface area contributed by atoms with Crippen molar-refractivity contribution < 1.29 is 19.0 Å². The smallest absolute Gasteiger partial charge is 0.260 e. The average Bonchev–Trinajstić information content (AvgIpc) is 3.03. The normalized spacial score (nSPS) is 17.5. The van der Waals surface area contributed by atoms with Crippen molar-refractivity contribution in [3.05, 3.63) is 24.3 Å². The first-order chi connectivity index (χ1) is 10.2. The van der Waals surface area contributed by atoms with Crippen molar-refractivity contribution in [3.8, 4) is 11.5 Å². The summed E-state index contributed by atoms with van der Waals surface area (Å²) in [5.74, 6) is 1.91. The van der Waals surface area contributed by atoms with Gasteiger partial charge in [0.05, 0.1) is 13.7 Å². The van der Waals surface area contributed by atoms with Gasteiger partial charge >= 0.3 is 0 Å². The van der Waals surface area contributed by atoms with E-state index in [2.05, 4.69) is 0 Å². The van der Waals surface area contributed by atoms with Gasteiger partial charge in [-0.2, -0.15) is 0 Å². The van der Waals surface area contributed by atoms with E-state index in [0.717, 1.165) is 31.9 Å². The lowest BCUT2D eigenvalue weighted by Crippen LogP contribution is -2.38. The van der Waals surface area contributed by atoms with Gasteiger partial charge in [-0.1, -0.05) is 0 Å². The molecule has 2 rings (SSSR count). The van der Waals surface area contributed by atoms with Crippen LogP contribution < -0.4 is 9.47 Å². The predicted octanol–water partition coefficient (Wildman–Crippen LogP) is 1.96. The molecule has 1 atom stereocenters. The van der Waals surface area contributed by atoms with Crippen molar-refractivity contribution in [2.75, 3.05) is 40.0 Å². The highest BCUT2D eigenvalue weighted by molar-refractivity contribution is 5.77. The fourth-order valence-corrected chi connectivity index (χ4v) is 2.35. The highest BCUT2D eigenvalue weighted by Crippen LogP contribution is 2.17. The first-order valence-electron chi connectivity index (χ1n) is 7.35. The van der Waals surface area contributed by atoms with Crippen LogP contribution in [0.25, 0.3) is 0 Å². The van der Waals surface area contributed by atoms with E-state index in [-0.39, 0.29) is 12.5 Å². The third-order valence-electron chi connectivity index (χ3n) is 3.66. The number of methoxy groups -OCH3 is 1. The zero-order chi connectivity index (χ0) is 15.1. The van der Waals surface area contributed by atoms with E-state index in [0.29, 0.717) is 18.2 Å². The molecule has 5 heteroatoms. The summed E-state index contributed by atoms with van der Waals surface area (Å²) in [4.78, 5) is 14.0. The summed E-state index contributed by atoms with van der Waals surface area (Å²) in [6.07, 6.45) is 1.03. The van der Waals surface area contributed by atoms with Crippen LogP contribution in [-0.4, -0.2) is 50.8 Å². The number of rotatable bonds is 7. The molecule has 0 radical (unpaired) electrons. The standard InChI is InChI=1S/C16H23NO4/c1-3-17(10-13-8-9-20-11-13)16(18)12-21-15-6-4-14(19-2)5-7-15/h4-7,13H,3,8-12H2,1-2H3/t13-/m0/s1. The van der Waals surface area contributed by atoms with Crippen LogP contribution in [0.4, 0.5) is 0 Å². The minimum Gasteiger partial charge on any atom is -0.497 e. The van der Waals surface area contributed by atoms with Gasteiger partial charge < -0.3 is 19.1 Å². The van der Waals surface area contributed by atoms with Crippen molar-refractivity contribution in [3.63, 3.8) is 0 Å². The monoisotopic (exact) mass is 293 g/mol. The second kappa shape index (κ2) is 7.88. The van der Waals surface area contributed by atoms with Gasteiger partial charge in [0.1, 0.15) is 11.5 Å². The molecule has 0 saturated carbocycles. The molecule has 1 aromatic rings. The van der Waals surface area contributed by atoms with Gasteiger partial charge in [-0.15, -0.1) is 0 Å². The molecule has 0 N–H and O–H groups in total. The minimum atomic E-state index is 0.0141. The van der Waals surface area contributed by atoms with Crippen LogP contribution in [0.15, 0.2) is 24.3 Å². The Bertz CT molecular complexity index is 440. The lowest BCUT2D eigenvalue weighted by Gasteiger charge is -2.23. The second-order valence-corrected chi connectivity index (χ2v) is 5.13. The summed E-state index contributed by atoms with van der Waals surface area (Å²) in [6.45, 7) is 5.05. The molecule has 1 aliphatic rings. The van der Waals surface area contributed by atoms with Gasteiger partial charge in [0.2, 0.25) is 0 Å². The topological polar surface area (TPSA) is 48.0 Å². The number of benzene rings is 1. The SMILES string of the molecule is CCN(C[C@@H]1CCOC1)C(=O)COc1ccc(OC)cc1. The Morgan fingerprint density at radius 1 is 1.33 bits per heavy atom. The first-order valence-corrected chi connectivity index (χ1v) is 7.35. The third kappa shape index (κ3) is 4.63. The molecule has 0 bridgehead atoms. The average molecular weight is 293 g/mol. The molecule has 116 valence electrons. The van der Waals surface area contributed by atoms with Crippen molar-refractivity contribution in [2.45, 2.75) is 13.3 Å². The molecular formula is C16H23NO4. The summed E-state index contributed by atoms with van der Waals surface area (Å²) in [5, 5.41) is 0. The van der Waals surface area contributed by atoms with Gasteiger partial charge in [0.15, 0.2) is 6.61 Å². The number of hydrogen-bond donors (Lipinski definition) is 0. The number of amides is 1. The Kier molecular flexibility index (Phi) is 5.87. The molecule has 1 heterocycles. The van der Waals surface area contributed by atoms with Gasteiger partial charge in [-0.25, -0.2) is 0 Å². The van der Waals surface area contributed by atoms with Gasteiger partial charge in [-0.05, 0) is 37.6 Å². The van der Waals surface area contributed by atoms with Gasteiger partial charge in [0.25, 0.3) is 5.91 Å². The third-order valence-corrected chi connectivity index (χ3v) is 3.66. The number of ether oxygens (including phenoxy) is 3. The maximum Gasteiger partial charge on any atom is 0.260 e. The zero-order valence-corrected chi connectivity index (χ0v) is 12.7. The lowest BCUT2D eigenvalue weighted by atomic mass is 10.1. The van der Waals surface area contributed by atoms with Crippen molar-refractivity contribution in [1.82, 2.24) is 4.90 Å². The summed E-state index contributed by atoms with van der Waals surface area (Å²) in [5.41, 5.74) is 0. The number of nitrogens with zero attached hydrogens (tertiary/aromatic N) is 1. The van der Waals surface area contributed by atoms with E-state index in [1.807, 2.05) is 24.0 Å². The van der Waals surface area contributed by atoms with Gasteiger partial charge in [0, 0.05) is 25.6 Å². The van der Waals surface area contributed by atoms with Crippen LogP contribution in [0.3, 0.4) is 0 Å². The molecule has 1 aliphatic heterocycles. The number of hydrogen-bond acceptors (Lipinski definition) is 4. The number of carbonyl (C=O) groups excluding carboxylic acids is 1. The quantitative estimate of drug-likeness (QED) is 0.771. The molecule has 0 aliphatic carbocycles. The summed E-state index contributed by atoms with van der Waals surface area (Å²) in [6, 6.07) is 7.22. The van der Waals surface area contributed by atoms with Crippen molar-refractivity contribution in [1.29, 1.82) is 0 Å². The molecular weight excluding hydrogens is 270 g/mol. The number of carbonyl (C=O) groups is 1. The Hall–Kier alpha value is -1.75. The maximum atomic E-state index is 12.2. The van der Waals surface area contributed by atoms with Crippen molar-refractivity contribution >= 4 is 5.91 Å². The molecule has 1 aromatic carbocycles. The summed E-state index contributed by atoms with van der Waals surface area (Å²) >= 11 is 0. The fourth-order valence-electron chi connectivity index (χ4n) is 2.35. The minimum absolute atomic E-state index is 0.0141. The van der Waals surface area contributed by atoms with Crippen LogP contribution in [0.1, 0.15) is 13.3 Å². The highest BCUT2D eigenvalue weighted by Gasteiger charge is 2.21. The lowest BCUT2D eigenvalue weighted by molar-refractivity contribution is -0.133. The zero-order valence-electron chi connectivity index (χ0n) is 12.7. The van der Waals surface area contributed by atoms with Crippen molar-refractivity contribution in [2.24, 2.45) is 5.92 Å². The molecule has 1 amide bonds. The molecule has 21 heavy (non-hydrogen) atoms. The molecule has 5 nitrogen and oxygen atoms in total. The van der Waals surface area contributed by atoms with E-state index in [4.69, 9.17) is 14.2 Å². The van der Waals surface area contributed by atoms with Crippen LogP contribution in [0.2, 0.25) is 0 Å². The predicted molar refractivity (Wildman–Crippen MR) is 79.7 cm³/mol. The second-order valence-electron chi connectivity index (χ2n) is 5.13. The fraction of sp³-hybridized carbons (Fsp3) is 0.562. The Morgan fingerprint density at radius 3 is 2.62 bits per heavy atom. The molecule has 0 unspecified atom stereocenters. The summed E-state index contributed by atoms with van der Waals surface area (Å²) in [7, 11) is 1.62. The number of likely N-dealkylation sites (N-methyl/N-ethyl adjacent to an activating group) is 1. The highest BCUT2D eigenvalue weighted by atomic mass is 16.5. The van der Waals surface area contributed by atoms with Gasteiger partial charge in [-0.3, -0.25) is 4.79 Å². The van der Waals surface area contributed by atoms with E-state index in [1.165, 1.54) is 0 Å². The van der Waals surface area contributed by atoms with Crippen LogP contribution in [-0.2, 0) is 9.53 Å². The Labute approximate surface area is 125 Å². The van der Waals surface area contributed by atoms with E-state index in [1.54, 1.807) is 19.2 Å².